The van der Waals surface area contributed by atoms with Crippen LogP contribution in [0.25, 0.3) is 0 Å². The standard InChI is InChI=1S/C12H19IN4O/c1-16-5-3-9(4-6-16)7-17(2)11-10(13)12(18)15-8-14-11/h8-9H,3-7H2,1-2H3,(H,14,15,18). The van der Waals surface area contributed by atoms with Crippen molar-refractivity contribution in [2.24, 2.45) is 5.92 Å². The minimum Gasteiger partial charge on any atom is -0.358 e. The quantitative estimate of drug-likeness (QED) is 0.820. The lowest BCUT2D eigenvalue weighted by Gasteiger charge is -2.32. The molecule has 5 nitrogen and oxygen atoms in total. The van der Waals surface area contributed by atoms with Gasteiger partial charge in [0.25, 0.3) is 5.56 Å². The lowest BCUT2D eigenvalue weighted by Crippen LogP contribution is -2.36. The predicted molar refractivity (Wildman–Crippen MR) is 81.1 cm³/mol. The summed E-state index contributed by atoms with van der Waals surface area (Å²) in [6, 6.07) is 0. The molecular formula is C12H19IN4O. The van der Waals surface area contributed by atoms with Crippen LogP contribution >= 0.6 is 22.6 Å². The molecule has 18 heavy (non-hydrogen) atoms. The Morgan fingerprint density at radius 3 is 2.89 bits per heavy atom. The molecule has 0 atom stereocenters. The molecule has 2 rings (SSSR count). The van der Waals surface area contributed by atoms with Gasteiger partial charge in [0.05, 0.1) is 6.33 Å². The molecule has 1 aromatic heterocycles. The molecule has 0 bridgehead atoms. The third-order valence-electron chi connectivity index (χ3n) is 3.51. The van der Waals surface area contributed by atoms with Crippen LogP contribution < -0.4 is 10.5 Å². The molecule has 0 radical (unpaired) electrons. The summed E-state index contributed by atoms with van der Waals surface area (Å²) in [5.74, 6) is 1.49. The number of nitrogens with one attached hydrogen (secondary N) is 1. The summed E-state index contributed by atoms with van der Waals surface area (Å²) < 4.78 is 0.672. The maximum atomic E-state index is 11.5. The molecular weight excluding hydrogens is 343 g/mol. The van der Waals surface area contributed by atoms with Gasteiger partial charge in [-0.25, -0.2) is 4.98 Å². The maximum absolute atomic E-state index is 11.5. The number of rotatable bonds is 3. The third kappa shape index (κ3) is 3.23. The molecule has 6 heteroatoms. The normalized spacial score (nSPS) is 17.9. The molecule has 1 fully saturated rings. The Labute approximate surface area is 121 Å². The maximum Gasteiger partial charge on any atom is 0.266 e. The zero-order valence-electron chi connectivity index (χ0n) is 10.8. The number of likely N-dealkylation sites (tertiary alicyclic amines) is 1. The molecule has 100 valence electrons. The van der Waals surface area contributed by atoms with Gasteiger partial charge in [0, 0.05) is 13.6 Å². The van der Waals surface area contributed by atoms with Crippen molar-refractivity contribution in [1.29, 1.82) is 0 Å². The summed E-state index contributed by atoms with van der Waals surface area (Å²) in [4.78, 5) is 22.9. The Morgan fingerprint density at radius 2 is 2.22 bits per heavy atom. The first-order chi connectivity index (χ1) is 8.58. The fourth-order valence-electron chi connectivity index (χ4n) is 2.36. The molecule has 0 aromatic carbocycles. The Morgan fingerprint density at radius 1 is 1.56 bits per heavy atom. The van der Waals surface area contributed by atoms with Gasteiger partial charge in [-0.1, -0.05) is 0 Å². The molecule has 2 heterocycles. The van der Waals surface area contributed by atoms with Gasteiger partial charge < -0.3 is 14.8 Å². The van der Waals surface area contributed by atoms with E-state index >= 15 is 0 Å². The smallest absolute Gasteiger partial charge is 0.266 e. The van der Waals surface area contributed by atoms with E-state index in [2.05, 4.69) is 49.4 Å². The van der Waals surface area contributed by atoms with Crippen LogP contribution in [0.4, 0.5) is 5.82 Å². The second-order valence-corrected chi connectivity index (χ2v) is 6.08. The number of aromatic amines is 1. The van der Waals surface area contributed by atoms with Crippen LogP contribution in [0.1, 0.15) is 12.8 Å². The van der Waals surface area contributed by atoms with Gasteiger partial charge >= 0.3 is 0 Å². The van der Waals surface area contributed by atoms with Crippen LogP contribution in [0.2, 0.25) is 0 Å². The molecule has 0 spiro atoms. The summed E-state index contributed by atoms with van der Waals surface area (Å²) in [5, 5.41) is 0. The van der Waals surface area contributed by atoms with Crippen molar-refractivity contribution in [2.45, 2.75) is 12.8 Å². The largest absolute Gasteiger partial charge is 0.358 e. The van der Waals surface area contributed by atoms with Crippen LogP contribution in [0, 0.1) is 9.49 Å². The summed E-state index contributed by atoms with van der Waals surface area (Å²) in [7, 11) is 4.18. The van der Waals surface area contributed by atoms with Gasteiger partial charge in [0.1, 0.15) is 9.39 Å². The molecule has 0 amide bonds. The van der Waals surface area contributed by atoms with Crippen LogP contribution in [0.15, 0.2) is 11.1 Å². The zero-order valence-corrected chi connectivity index (χ0v) is 13.0. The average molecular weight is 362 g/mol. The van der Waals surface area contributed by atoms with Crippen molar-refractivity contribution in [3.8, 4) is 0 Å². The molecule has 0 unspecified atom stereocenters. The highest BCUT2D eigenvalue weighted by molar-refractivity contribution is 14.1. The van der Waals surface area contributed by atoms with E-state index in [1.165, 1.54) is 32.3 Å². The van der Waals surface area contributed by atoms with Crippen LogP contribution in [0.3, 0.4) is 0 Å². The van der Waals surface area contributed by atoms with E-state index in [0.717, 1.165) is 12.4 Å². The van der Waals surface area contributed by atoms with E-state index in [9.17, 15) is 4.79 Å². The zero-order chi connectivity index (χ0) is 13.1. The highest BCUT2D eigenvalue weighted by Crippen LogP contribution is 2.20. The average Bonchev–Trinajstić information content (AvgIpc) is 2.35. The summed E-state index contributed by atoms with van der Waals surface area (Å²) >= 11 is 2.06. The van der Waals surface area contributed by atoms with Gasteiger partial charge in [-0.15, -0.1) is 0 Å². The number of aromatic nitrogens is 2. The predicted octanol–water partition coefficient (Wildman–Crippen LogP) is 1.15. The van der Waals surface area contributed by atoms with Gasteiger partial charge in [-0.3, -0.25) is 4.79 Å². The summed E-state index contributed by atoms with van der Waals surface area (Å²) in [6.45, 7) is 3.30. The topological polar surface area (TPSA) is 52.2 Å². The van der Waals surface area contributed by atoms with Crippen molar-refractivity contribution in [2.75, 3.05) is 38.6 Å². The minimum absolute atomic E-state index is 0.0594. The van der Waals surface area contributed by atoms with Crippen LogP contribution in [-0.4, -0.2) is 48.6 Å². The number of hydrogen-bond donors (Lipinski definition) is 1. The molecule has 1 aliphatic heterocycles. The number of hydrogen-bond acceptors (Lipinski definition) is 4. The first-order valence-corrected chi connectivity index (χ1v) is 7.28. The number of nitrogens with zero attached hydrogens (tertiary/aromatic N) is 3. The van der Waals surface area contributed by atoms with Gasteiger partial charge in [0.15, 0.2) is 0 Å². The number of piperidine rings is 1. The SMILES string of the molecule is CN1CCC(CN(C)c2nc[nH]c(=O)c2I)CC1. The van der Waals surface area contributed by atoms with E-state index in [-0.39, 0.29) is 5.56 Å². The van der Waals surface area contributed by atoms with Crippen molar-refractivity contribution in [1.82, 2.24) is 14.9 Å². The molecule has 1 aromatic rings. The van der Waals surface area contributed by atoms with Crippen molar-refractivity contribution < 1.29 is 0 Å². The number of anilines is 1. The lowest BCUT2D eigenvalue weighted by atomic mass is 9.97. The summed E-state index contributed by atoms with van der Waals surface area (Å²) in [6.07, 6.45) is 3.92. The number of halogens is 1. The monoisotopic (exact) mass is 362 g/mol. The second-order valence-electron chi connectivity index (χ2n) is 5.00. The Bertz CT molecular complexity index is 454. The van der Waals surface area contributed by atoms with E-state index < -0.39 is 0 Å². The van der Waals surface area contributed by atoms with E-state index in [1.807, 2.05) is 7.05 Å². The fraction of sp³-hybridized carbons (Fsp3) is 0.667. The molecule has 1 N–H and O–H groups in total. The van der Waals surface area contributed by atoms with Gasteiger partial charge in [-0.05, 0) is 61.5 Å². The van der Waals surface area contributed by atoms with Gasteiger partial charge in [-0.2, -0.15) is 0 Å². The second kappa shape index (κ2) is 6.01. The molecule has 1 saturated heterocycles. The molecule has 0 saturated carbocycles. The highest BCUT2D eigenvalue weighted by atomic mass is 127. The van der Waals surface area contributed by atoms with E-state index in [4.69, 9.17) is 0 Å². The van der Waals surface area contributed by atoms with E-state index in [0.29, 0.717) is 9.49 Å². The van der Waals surface area contributed by atoms with Crippen molar-refractivity contribution >= 4 is 28.4 Å². The Kier molecular flexibility index (Phi) is 4.60. The summed E-state index contributed by atoms with van der Waals surface area (Å²) in [5.41, 5.74) is -0.0594. The first kappa shape index (κ1) is 13.8. The van der Waals surface area contributed by atoms with Crippen molar-refractivity contribution in [3.63, 3.8) is 0 Å². The fourth-order valence-corrected chi connectivity index (χ4v) is 3.06. The lowest BCUT2D eigenvalue weighted by molar-refractivity contribution is 0.222. The minimum atomic E-state index is -0.0594. The highest BCUT2D eigenvalue weighted by Gasteiger charge is 2.20. The molecule has 0 aliphatic carbocycles. The Balaban J connectivity index is 2.01. The Hall–Kier alpha value is -0.630. The van der Waals surface area contributed by atoms with Crippen LogP contribution in [-0.2, 0) is 0 Å². The van der Waals surface area contributed by atoms with E-state index in [1.54, 1.807) is 0 Å². The first-order valence-electron chi connectivity index (χ1n) is 6.21. The molecule has 1 aliphatic rings. The number of H-pyrrole nitrogens is 1. The van der Waals surface area contributed by atoms with Crippen LogP contribution in [0.5, 0.6) is 0 Å². The van der Waals surface area contributed by atoms with Gasteiger partial charge in [0.2, 0.25) is 0 Å². The van der Waals surface area contributed by atoms with Crippen molar-refractivity contribution in [3.05, 3.63) is 20.3 Å². The third-order valence-corrected chi connectivity index (χ3v) is 4.48.